The van der Waals surface area contributed by atoms with Crippen LogP contribution < -0.4 is 15.5 Å². The van der Waals surface area contributed by atoms with Crippen LogP contribution in [0, 0.1) is 0 Å². The highest BCUT2D eigenvalue weighted by atomic mass is 19.4. The van der Waals surface area contributed by atoms with Crippen molar-refractivity contribution in [3.63, 3.8) is 0 Å². The first-order chi connectivity index (χ1) is 15.6. The molecule has 2 aliphatic rings. The molecule has 1 aliphatic carbocycles. The van der Waals surface area contributed by atoms with Gasteiger partial charge in [0.25, 0.3) is 5.91 Å². The zero-order valence-corrected chi connectivity index (χ0v) is 18.9. The summed E-state index contributed by atoms with van der Waals surface area (Å²) in [5.41, 5.74) is 0.539. The summed E-state index contributed by atoms with van der Waals surface area (Å²) in [5, 5.41) is 7.13. The number of rotatable bonds is 5. The lowest BCUT2D eigenvalue weighted by atomic mass is 9.91. The molecule has 2 N–H and O–H groups in total. The SMILES string of the molecule is CC1CC(C(=O)NC2CCC(Nc3nc(N(C)C)c4ccccc4n3)CC2)=C(C(F)(F)F)O1. The second-order valence-electron chi connectivity index (χ2n) is 8.89. The number of aromatic nitrogens is 2. The molecule has 1 fully saturated rings. The normalized spacial score (nSPS) is 23.4. The lowest BCUT2D eigenvalue weighted by Crippen LogP contribution is -2.41. The van der Waals surface area contributed by atoms with Gasteiger partial charge in [-0.25, -0.2) is 4.98 Å². The number of anilines is 2. The van der Waals surface area contributed by atoms with Crippen LogP contribution in [0.3, 0.4) is 0 Å². The Kier molecular flexibility index (Phi) is 6.36. The Morgan fingerprint density at radius 1 is 1.09 bits per heavy atom. The summed E-state index contributed by atoms with van der Waals surface area (Å²) in [5.74, 6) is -0.475. The van der Waals surface area contributed by atoms with Crippen molar-refractivity contribution in [3.05, 3.63) is 35.6 Å². The van der Waals surface area contributed by atoms with E-state index in [2.05, 4.69) is 20.6 Å². The van der Waals surface area contributed by atoms with E-state index in [0.29, 0.717) is 18.8 Å². The van der Waals surface area contributed by atoms with Gasteiger partial charge >= 0.3 is 6.18 Å². The summed E-state index contributed by atoms with van der Waals surface area (Å²) in [6.07, 6.45) is -2.55. The van der Waals surface area contributed by atoms with Gasteiger partial charge in [0, 0.05) is 38.0 Å². The highest BCUT2D eigenvalue weighted by molar-refractivity contribution is 5.94. The Hall–Kier alpha value is -3.04. The molecule has 0 radical (unpaired) electrons. The number of amides is 1. The van der Waals surface area contributed by atoms with Crippen LogP contribution in [0.2, 0.25) is 0 Å². The Morgan fingerprint density at radius 2 is 1.76 bits per heavy atom. The summed E-state index contributed by atoms with van der Waals surface area (Å²) in [6.45, 7) is 1.53. The number of allylic oxidation sites excluding steroid dienone is 1. The van der Waals surface area contributed by atoms with Crippen molar-refractivity contribution in [2.24, 2.45) is 0 Å². The first-order valence-electron chi connectivity index (χ1n) is 11.1. The van der Waals surface area contributed by atoms with Gasteiger partial charge in [-0.2, -0.15) is 18.2 Å². The third-order valence-corrected chi connectivity index (χ3v) is 6.02. The summed E-state index contributed by atoms with van der Waals surface area (Å²) in [4.78, 5) is 23.8. The van der Waals surface area contributed by atoms with Gasteiger partial charge in [0.05, 0.1) is 11.1 Å². The predicted octanol–water partition coefficient (Wildman–Crippen LogP) is 4.16. The van der Waals surface area contributed by atoms with Crippen LogP contribution in [0.25, 0.3) is 10.9 Å². The number of hydrogen-bond donors (Lipinski definition) is 2. The van der Waals surface area contributed by atoms with Crippen molar-refractivity contribution in [3.8, 4) is 0 Å². The average molecular weight is 464 g/mol. The molecule has 2 heterocycles. The molecule has 178 valence electrons. The Labute approximate surface area is 190 Å². The molecule has 7 nitrogen and oxygen atoms in total. The lowest BCUT2D eigenvalue weighted by molar-refractivity contribution is -0.135. The number of alkyl halides is 3. The second-order valence-corrected chi connectivity index (χ2v) is 8.89. The Morgan fingerprint density at radius 3 is 2.42 bits per heavy atom. The molecule has 4 rings (SSSR count). The van der Waals surface area contributed by atoms with Gasteiger partial charge < -0.3 is 20.3 Å². The molecule has 1 amide bonds. The fourth-order valence-electron chi connectivity index (χ4n) is 4.43. The van der Waals surface area contributed by atoms with Crippen molar-refractivity contribution in [2.75, 3.05) is 24.3 Å². The van der Waals surface area contributed by atoms with Gasteiger partial charge in [0.15, 0.2) is 0 Å². The molecule has 1 unspecified atom stereocenters. The van der Waals surface area contributed by atoms with Crippen LogP contribution in [0.1, 0.15) is 39.0 Å². The topological polar surface area (TPSA) is 79.4 Å². The van der Waals surface area contributed by atoms with E-state index in [9.17, 15) is 18.0 Å². The molecule has 0 spiro atoms. The van der Waals surface area contributed by atoms with Crippen LogP contribution in [0.5, 0.6) is 0 Å². The highest BCUT2D eigenvalue weighted by Gasteiger charge is 2.45. The molecule has 0 bridgehead atoms. The van der Waals surface area contributed by atoms with Crippen molar-refractivity contribution in [2.45, 2.75) is 63.4 Å². The van der Waals surface area contributed by atoms with E-state index in [1.165, 1.54) is 6.92 Å². The standard InChI is InChI=1S/C23H28F3N5O2/c1-13-12-17(19(33-13)23(24,25)26)21(32)27-14-8-10-15(11-9-14)28-22-29-18-7-5-4-6-16(18)20(30-22)31(2)3/h4-7,13-15H,8-12H2,1-3H3,(H,27,32)(H,28,29,30). The van der Waals surface area contributed by atoms with Crippen LogP contribution in [-0.2, 0) is 9.53 Å². The van der Waals surface area contributed by atoms with E-state index in [4.69, 9.17) is 4.74 Å². The van der Waals surface area contributed by atoms with E-state index in [-0.39, 0.29) is 24.1 Å². The Balaban J connectivity index is 1.37. The third-order valence-electron chi connectivity index (χ3n) is 6.02. The fourth-order valence-corrected chi connectivity index (χ4v) is 4.43. The minimum atomic E-state index is -4.66. The van der Waals surface area contributed by atoms with Crippen molar-refractivity contribution < 1.29 is 22.7 Å². The predicted molar refractivity (Wildman–Crippen MR) is 120 cm³/mol. The molecule has 1 aromatic carbocycles. The molecule has 1 saturated carbocycles. The van der Waals surface area contributed by atoms with Gasteiger partial charge in [0.1, 0.15) is 11.9 Å². The van der Waals surface area contributed by atoms with E-state index in [1.54, 1.807) is 0 Å². The first-order valence-corrected chi connectivity index (χ1v) is 11.1. The number of benzene rings is 1. The van der Waals surface area contributed by atoms with Crippen LogP contribution in [-0.4, -0.2) is 54.3 Å². The van der Waals surface area contributed by atoms with Gasteiger partial charge in [-0.05, 0) is 44.7 Å². The van der Waals surface area contributed by atoms with Crippen molar-refractivity contribution >= 4 is 28.6 Å². The van der Waals surface area contributed by atoms with Crippen LogP contribution in [0.15, 0.2) is 35.6 Å². The molecule has 2 aromatic rings. The number of fused-ring (bicyclic) bond motifs is 1. The highest BCUT2D eigenvalue weighted by Crippen LogP contribution is 2.37. The van der Waals surface area contributed by atoms with Gasteiger partial charge in [0.2, 0.25) is 11.7 Å². The maximum Gasteiger partial charge on any atom is 0.449 e. The molecule has 10 heteroatoms. The van der Waals surface area contributed by atoms with E-state index < -0.39 is 23.9 Å². The van der Waals surface area contributed by atoms with Crippen LogP contribution >= 0.6 is 0 Å². The smallest absolute Gasteiger partial charge is 0.449 e. The van der Waals surface area contributed by atoms with Gasteiger partial charge in [-0.1, -0.05) is 12.1 Å². The minimum absolute atomic E-state index is 0.0366. The quantitative estimate of drug-likeness (QED) is 0.693. The summed E-state index contributed by atoms with van der Waals surface area (Å²) < 4.78 is 44.4. The first kappa shape index (κ1) is 23.1. The number of halogens is 3. The third kappa shape index (κ3) is 5.15. The number of carbonyl (C=O) groups excluding carboxylic acids is 1. The van der Waals surface area contributed by atoms with Crippen molar-refractivity contribution in [1.82, 2.24) is 15.3 Å². The maximum absolute atomic E-state index is 13.2. The summed E-state index contributed by atoms with van der Waals surface area (Å²) in [6, 6.07) is 7.75. The fraction of sp³-hybridized carbons (Fsp3) is 0.522. The number of ether oxygens (including phenoxy) is 1. The number of hydrogen-bond acceptors (Lipinski definition) is 6. The monoisotopic (exact) mass is 463 g/mol. The van der Waals surface area contributed by atoms with Crippen LogP contribution in [0.4, 0.5) is 24.9 Å². The molecule has 1 aliphatic heterocycles. The molecular weight excluding hydrogens is 435 g/mol. The molecule has 1 aromatic heterocycles. The van der Waals surface area contributed by atoms with E-state index in [1.807, 2.05) is 43.3 Å². The van der Waals surface area contributed by atoms with Crippen molar-refractivity contribution in [1.29, 1.82) is 0 Å². The number of nitrogens with one attached hydrogen (secondary N) is 2. The van der Waals surface area contributed by atoms with E-state index in [0.717, 1.165) is 29.6 Å². The molecule has 1 atom stereocenters. The number of carbonyl (C=O) groups is 1. The molecule has 0 saturated heterocycles. The number of para-hydroxylation sites is 1. The van der Waals surface area contributed by atoms with Gasteiger partial charge in [-0.3, -0.25) is 4.79 Å². The molecular formula is C23H28F3N5O2. The summed E-state index contributed by atoms with van der Waals surface area (Å²) >= 11 is 0. The lowest BCUT2D eigenvalue weighted by Gasteiger charge is -2.30. The zero-order chi connectivity index (χ0) is 23.8. The zero-order valence-electron chi connectivity index (χ0n) is 18.9. The minimum Gasteiger partial charge on any atom is -0.485 e. The molecule has 33 heavy (non-hydrogen) atoms. The Bertz CT molecular complexity index is 1060. The number of nitrogens with zero attached hydrogens (tertiary/aromatic N) is 3. The maximum atomic E-state index is 13.2. The largest absolute Gasteiger partial charge is 0.485 e. The average Bonchev–Trinajstić information content (AvgIpc) is 3.17. The summed E-state index contributed by atoms with van der Waals surface area (Å²) in [7, 11) is 3.87. The van der Waals surface area contributed by atoms with E-state index >= 15 is 0 Å². The second kappa shape index (κ2) is 9.07. The van der Waals surface area contributed by atoms with Gasteiger partial charge in [-0.15, -0.1) is 0 Å².